The molecule has 2 heterocycles. The van der Waals surface area contributed by atoms with Gasteiger partial charge in [0, 0.05) is 32.8 Å². The summed E-state index contributed by atoms with van der Waals surface area (Å²) >= 11 is 3.57. The molecular weight excluding hydrogens is 566 g/mol. The third kappa shape index (κ3) is 3.29. The Balaban J connectivity index is 1.56. The van der Waals surface area contributed by atoms with E-state index in [-0.39, 0.29) is 17.3 Å². The number of carbonyl (C=O) groups is 3. The van der Waals surface area contributed by atoms with Gasteiger partial charge in [0.15, 0.2) is 17.3 Å². The number of hydrogen-bond acceptors (Lipinski definition) is 5. The zero-order chi connectivity index (χ0) is 27.6. The highest BCUT2D eigenvalue weighted by Crippen LogP contribution is 2.61. The zero-order valence-corrected chi connectivity index (χ0v) is 23.2. The first-order valence-corrected chi connectivity index (χ1v) is 13.9. The number of nitrogens with zero attached hydrogens (tertiary/aromatic N) is 1. The molecular formula is C34H24BrNO4. The Morgan fingerprint density at radius 3 is 2.25 bits per heavy atom. The fraction of sp³-hybridized carbons (Fsp3) is 0.147. The molecule has 196 valence electrons. The van der Waals surface area contributed by atoms with E-state index in [0.717, 1.165) is 15.7 Å². The van der Waals surface area contributed by atoms with Crippen molar-refractivity contribution < 1.29 is 19.1 Å². The van der Waals surface area contributed by atoms with Crippen molar-refractivity contribution in [2.24, 2.45) is 5.41 Å². The summed E-state index contributed by atoms with van der Waals surface area (Å²) in [7, 11) is 1.58. The van der Waals surface area contributed by atoms with Gasteiger partial charge in [-0.2, -0.15) is 0 Å². The van der Waals surface area contributed by atoms with Crippen LogP contribution in [0.2, 0.25) is 0 Å². The average Bonchev–Trinajstić information content (AvgIpc) is 3.43. The fourth-order valence-corrected chi connectivity index (χ4v) is 7.31. The summed E-state index contributed by atoms with van der Waals surface area (Å²) in [4.78, 5) is 46.0. The maximum atomic E-state index is 14.7. The smallest absolute Gasteiger partial charge is 0.185 e. The summed E-state index contributed by atoms with van der Waals surface area (Å²) in [6.45, 7) is 0. The van der Waals surface area contributed by atoms with Gasteiger partial charge in [0.1, 0.15) is 17.2 Å². The molecule has 7 rings (SSSR count). The first-order valence-electron chi connectivity index (χ1n) is 13.1. The molecule has 1 aliphatic carbocycles. The van der Waals surface area contributed by atoms with Crippen molar-refractivity contribution in [3.63, 3.8) is 0 Å². The second-order valence-corrected chi connectivity index (χ2v) is 11.3. The van der Waals surface area contributed by atoms with E-state index in [2.05, 4.69) is 15.9 Å². The molecule has 1 spiro atoms. The van der Waals surface area contributed by atoms with Crippen LogP contribution in [-0.2, 0) is 0 Å². The lowest BCUT2D eigenvalue weighted by Crippen LogP contribution is -2.48. The van der Waals surface area contributed by atoms with Crippen molar-refractivity contribution in [1.29, 1.82) is 0 Å². The van der Waals surface area contributed by atoms with Gasteiger partial charge in [-0.3, -0.25) is 14.4 Å². The van der Waals surface area contributed by atoms with E-state index in [1.807, 2.05) is 77.7 Å². The van der Waals surface area contributed by atoms with Crippen molar-refractivity contribution >= 4 is 45.0 Å². The molecule has 0 unspecified atom stereocenters. The van der Waals surface area contributed by atoms with Crippen LogP contribution in [0.3, 0.4) is 0 Å². The Morgan fingerprint density at radius 1 is 0.850 bits per heavy atom. The Labute approximate surface area is 240 Å². The van der Waals surface area contributed by atoms with Crippen LogP contribution in [0.15, 0.2) is 108 Å². The topological polar surface area (TPSA) is 63.7 Å². The van der Waals surface area contributed by atoms with Crippen LogP contribution in [-0.4, -0.2) is 36.5 Å². The Kier molecular flexibility index (Phi) is 5.65. The summed E-state index contributed by atoms with van der Waals surface area (Å²) in [6.07, 6.45) is 3.90. The van der Waals surface area contributed by atoms with Gasteiger partial charge >= 0.3 is 0 Å². The summed E-state index contributed by atoms with van der Waals surface area (Å²) in [5.74, 6) is -0.810. The van der Waals surface area contributed by atoms with Crippen LogP contribution in [0, 0.1) is 5.41 Å². The van der Waals surface area contributed by atoms with Gasteiger partial charge in [0.05, 0.1) is 13.2 Å². The number of rotatable bonds is 4. The molecule has 3 atom stereocenters. The van der Waals surface area contributed by atoms with Crippen LogP contribution in [0.1, 0.15) is 48.1 Å². The highest BCUT2D eigenvalue weighted by molar-refractivity contribution is 9.10. The summed E-state index contributed by atoms with van der Waals surface area (Å²) < 4.78 is 6.46. The molecule has 5 nitrogen and oxygen atoms in total. The Bertz CT molecular complexity index is 1710. The van der Waals surface area contributed by atoms with Crippen molar-refractivity contribution in [3.05, 3.63) is 135 Å². The van der Waals surface area contributed by atoms with Crippen LogP contribution in [0.25, 0.3) is 6.08 Å². The monoisotopic (exact) mass is 589 g/mol. The van der Waals surface area contributed by atoms with E-state index < -0.39 is 23.4 Å². The lowest BCUT2D eigenvalue weighted by atomic mass is 9.64. The highest BCUT2D eigenvalue weighted by Gasteiger charge is 2.71. The number of anilines is 1. The van der Waals surface area contributed by atoms with E-state index in [9.17, 15) is 14.4 Å². The maximum Gasteiger partial charge on any atom is 0.185 e. The lowest BCUT2D eigenvalue weighted by molar-refractivity contribution is 0.0665. The van der Waals surface area contributed by atoms with Gasteiger partial charge in [0.25, 0.3) is 0 Å². The van der Waals surface area contributed by atoms with E-state index in [1.54, 1.807) is 43.5 Å². The third-order valence-electron chi connectivity index (χ3n) is 8.55. The summed E-state index contributed by atoms with van der Waals surface area (Å²) in [5.41, 5.74) is 2.24. The van der Waals surface area contributed by atoms with Crippen LogP contribution in [0.5, 0.6) is 5.75 Å². The highest BCUT2D eigenvalue weighted by atomic mass is 79.9. The molecule has 0 N–H and O–H groups in total. The van der Waals surface area contributed by atoms with Gasteiger partial charge in [-0.15, -0.1) is 0 Å². The molecule has 40 heavy (non-hydrogen) atoms. The standard InChI is InChI=1S/C34H24BrNO4/c1-40-24-11-7-10-22(19-24)29-30(31(37)20-8-3-2-4-9-20)36-27-16-15-23(35)18-21(27)14-17-28(36)34(29)32(38)25-12-5-6-13-26(25)33(34)39/h2-19,28-30H,1H3/t28-,29+,30+/m1/s1. The molecule has 4 aromatic rings. The average molecular weight is 590 g/mol. The first-order chi connectivity index (χ1) is 19.5. The normalized spacial score (nSPS) is 21.8. The third-order valence-corrected chi connectivity index (χ3v) is 9.04. The number of fused-ring (bicyclic) bond motifs is 5. The predicted octanol–water partition coefficient (Wildman–Crippen LogP) is 6.77. The predicted molar refractivity (Wildman–Crippen MR) is 157 cm³/mol. The number of ketones is 3. The molecule has 3 aliphatic rings. The van der Waals surface area contributed by atoms with Crippen LogP contribution < -0.4 is 9.64 Å². The quantitative estimate of drug-likeness (QED) is 0.194. The molecule has 0 aromatic heterocycles. The second kappa shape index (κ2) is 9.14. The van der Waals surface area contributed by atoms with Crippen LogP contribution >= 0.6 is 15.9 Å². The number of benzene rings is 4. The van der Waals surface area contributed by atoms with Gasteiger partial charge in [-0.05, 0) is 41.5 Å². The Hall–Kier alpha value is -4.29. The van der Waals surface area contributed by atoms with E-state index in [1.165, 1.54) is 0 Å². The van der Waals surface area contributed by atoms with Crippen molar-refractivity contribution in [1.82, 2.24) is 0 Å². The van der Waals surface area contributed by atoms with E-state index >= 15 is 0 Å². The fourth-order valence-electron chi connectivity index (χ4n) is 6.93. The molecule has 6 heteroatoms. The molecule has 1 saturated heterocycles. The van der Waals surface area contributed by atoms with Crippen molar-refractivity contribution in [2.75, 3.05) is 12.0 Å². The largest absolute Gasteiger partial charge is 0.497 e. The van der Waals surface area contributed by atoms with E-state index in [0.29, 0.717) is 28.0 Å². The minimum Gasteiger partial charge on any atom is -0.497 e. The van der Waals surface area contributed by atoms with Crippen molar-refractivity contribution in [2.45, 2.75) is 18.0 Å². The van der Waals surface area contributed by atoms with Gasteiger partial charge in [-0.1, -0.05) is 94.8 Å². The number of ether oxygens (including phenoxy) is 1. The number of hydrogen-bond donors (Lipinski definition) is 0. The van der Waals surface area contributed by atoms with Gasteiger partial charge in [-0.25, -0.2) is 0 Å². The molecule has 2 aliphatic heterocycles. The number of carbonyl (C=O) groups excluding carboxylic acids is 3. The molecule has 0 bridgehead atoms. The first kappa shape index (κ1) is 24.7. The summed E-state index contributed by atoms with van der Waals surface area (Å²) in [5, 5.41) is 0. The minimum atomic E-state index is -1.54. The summed E-state index contributed by atoms with van der Waals surface area (Å²) in [6, 6.07) is 27.9. The molecule has 4 aromatic carbocycles. The van der Waals surface area contributed by atoms with Crippen molar-refractivity contribution in [3.8, 4) is 5.75 Å². The van der Waals surface area contributed by atoms with E-state index in [4.69, 9.17) is 4.74 Å². The maximum absolute atomic E-state index is 14.7. The van der Waals surface area contributed by atoms with Gasteiger partial charge in [0.2, 0.25) is 0 Å². The Morgan fingerprint density at radius 2 is 1.55 bits per heavy atom. The second-order valence-electron chi connectivity index (χ2n) is 10.4. The number of methoxy groups -OCH3 is 1. The molecule has 0 amide bonds. The lowest BCUT2D eigenvalue weighted by Gasteiger charge is -2.37. The zero-order valence-electron chi connectivity index (χ0n) is 21.6. The van der Waals surface area contributed by atoms with Crippen LogP contribution in [0.4, 0.5) is 5.69 Å². The number of halogens is 1. The molecule has 1 fully saturated rings. The molecule has 0 saturated carbocycles. The number of Topliss-reactive ketones (excluding diaryl/α,β-unsaturated/α-hetero) is 3. The van der Waals surface area contributed by atoms with Gasteiger partial charge < -0.3 is 9.64 Å². The molecule has 0 radical (unpaired) electrons. The minimum absolute atomic E-state index is 0.143. The SMILES string of the molecule is COc1cccc([C@H]2[C@@H](C(=O)c3ccccc3)N3c4ccc(Br)cc4C=C[C@@H]3C23C(=O)c2ccccc2C3=O)c1.